The molecule has 0 radical (unpaired) electrons. The van der Waals surface area contributed by atoms with Crippen LogP contribution in [0.2, 0.25) is 0 Å². The van der Waals surface area contributed by atoms with E-state index in [-0.39, 0.29) is 29.7 Å². The summed E-state index contributed by atoms with van der Waals surface area (Å²) in [4.78, 5) is 28.3. The van der Waals surface area contributed by atoms with Crippen molar-refractivity contribution in [3.63, 3.8) is 0 Å². The summed E-state index contributed by atoms with van der Waals surface area (Å²) in [5, 5.41) is 24.3. The Morgan fingerprint density at radius 3 is 1.56 bits per heavy atom. The van der Waals surface area contributed by atoms with Crippen molar-refractivity contribution in [1.29, 1.82) is 0 Å². The summed E-state index contributed by atoms with van der Waals surface area (Å²) in [5.41, 5.74) is 1.77. The van der Waals surface area contributed by atoms with Crippen LogP contribution in [0.15, 0.2) is 89.4 Å². The number of hydrogen-bond acceptors (Lipinski definition) is 8. The fraction of sp³-hybridized carbons (Fsp3) is 0.480. The van der Waals surface area contributed by atoms with Crippen molar-refractivity contribution >= 4 is 40.7 Å². The van der Waals surface area contributed by atoms with Gasteiger partial charge in [-0.25, -0.2) is 9.59 Å². The highest BCUT2D eigenvalue weighted by molar-refractivity contribution is 9.10. The van der Waals surface area contributed by atoms with Crippen molar-refractivity contribution in [2.75, 3.05) is 26.2 Å². The highest BCUT2D eigenvalue weighted by Crippen LogP contribution is 2.34. The summed E-state index contributed by atoms with van der Waals surface area (Å²) in [6, 6.07) is 23.1. The van der Waals surface area contributed by atoms with E-state index in [1.54, 1.807) is 17.9 Å². The van der Waals surface area contributed by atoms with E-state index < -0.39 is 41.8 Å². The number of halogens is 7. The molecule has 2 atom stereocenters. The van der Waals surface area contributed by atoms with Gasteiger partial charge in [-0.2, -0.15) is 26.3 Å². The predicted molar refractivity (Wildman–Crippen MR) is 257 cm³/mol. The molecule has 4 aromatic carbocycles. The SMILES string of the molecule is CC(C)(C)OC(=O)N1CCC[C@H]1CNCc1cccc(Br)c1.Cc1cc(-c2cccc(CNC[C@@H]3CCCN3C(=O)OC(C)(C)C)c2)cc(C(F)(F)F)c1.Cc1cc(B(O)O)cc(C(F)(F)F)c1. The minimum Gasteiger partial charge on any atom is -0.444 e. The molecule has 10 nitrogen and oxygen atoms in total. The monoisotopic (exact) mass is 1020 g/mol. The van der Waals surface area contributed by atoms with E-state index in [0.717, 1.165) is 79.1 Å². The number of alkyl halides is 6. The molecule has 0 bridgehead atoms. The third kappa shape index (κ3) is 18.7. The third-order valence-electron chi connectivity index (χ3n) is 10.7. The van der Waals surface area contributed by atoms with Crippen LogP contribution in [0.4, 0.5) is 35.9 Å². The van der Waals surface area contributed by atoms with Gasteiger partial charge < -0.3 is 40.0 Å². The molecule has 0 aliphatic carbocycles. The maximum absolute atomic E-state index is 13.2. The molecule has 2 aliphatic rings. The molecule has 2 amide bonds. The van der Waals surface area contributed by atoms with Crippen LogP contribution in [0.3, 0.4) is 0 Å². The average Bonchev–Trinajstić information content (AvgIpc) is 3.90. The Morgan fingerprint density at radius 2 is 1.10 bits per heavy atom. The van der Waals surface area contributed by atoms with Gasteiger partial charge in [0.05, 0.1) is 11.1 Å². The molecule has 0 spiro atoms. The van der Waals surface area contributed by atoms with Crippen molar-refractivity contribution in [1.82, 2.24) is 20.4 Å². The summed E-state index contributed by atoms with van der Waals surface area (Å²) in [6.07, 6.45) is -5.39. The van der Waals surface area contributed by atoms with Crippen LogP contribution in [-0.2, 0) is 34.9 Å². The normalized spacial score (nSPS) is 16.4. The van der Waals surface area contributed by atoms with Gasteiger partial charge in [-0.3, -0.25) is 0 Å². The lowest BCUT2D eigenvalue weighted by molar-refractivity contribution is -0.138. The number of carbonyl (C=O) groups excluding carboxylic acids is 2. The maximum Gasteiger partial charge on any atom is 0.488 e. The molecular formula is C50H64BBrF6N4O6. The van der Waals surface area contributed by atoms with E-state index in [2.05, 4.69) is 38.7 Å². The van der Waals surface area contributed by atoms with Gasteiger partial charge in [-0.05, 0) is 151 Å². The zero-order valence-electron chi connectivity index (χ0n) is 40.0. The summed E-state index contributed by atoms with van der Waals surface area (Å²) >= 11 is 3.48. The lowest BCUT2D eigenvalue weighted by Crippen LogP contribution is -2.44. The van der Waals surface area contributed by atoms with Crippen LogP contribution in [-0.4, -0.2) is 88.6 Å². The number of benzene rings is 4. The Balaban J connectivity index is 0.000000242. The first kappa shape index (κ1) is 56.0. The van der Waals surface area contributed by atoms with Crippen molar-refractivity contribution in [3.05, 3.63) is 123 Å². The van der Waals surface area contributed by atoms with E-state index in [4.69, 9.17) is 19.5 Å². The van der Waals surface area contributed by atoms with Crippen LogP contribution in [0.25, 0.3) is 11.1 Å². The van der Waals surface area contributed by atoms with Gasteiger partial charge in [0.2, 0.25) is 0 Å². The molecule has 68 heavy (non-hydrogen) atoms. The number of ether oxygens (including phenoxy) is 2. The molecule has 372 valence electrons. The fourth-order valence-corrected chi connectivity index (χ4v) is 8.18. The Bertz CT molecular complexity index is 2280. The topological polar surface area (TPSA) is 124 Å². The third-order valence-corrected chi connectivity index (χ3v) is 11.2. The van der Waals surface area contributed by atoms with Crippen LogP contribution < -0.4 is 16.1 Å². The van der Waals surface area contributed by atoms with Gasteiger partial charge in [0.15, 0.2) is 0 Å². The molecule has 2 saturated heterocycles. The number of amides is 2. The van der Waals surface area contributed by atoms with Crippen LogP contribution in [0, 0.1) is 13.8 Å². The number of nitrogens with one attached hydrogen (secondary N) is 2. The molecule has 4 N–H and O–H groups in total. The van der Waals surface area contributed by atoms with Gasteiger partial charge in [-0.15, -0.1) is 0 Å². The number of likely N-dealkylation sites (tertiary alicyclic amines) is 2. The van der Waals surface area contributed by atoms with E-state index in [1.165, 1.54) is 24.6 Å². The first-order valence-corrected chi connectivity index (χ1v) is 23.4. The van der Waals surface area contributed by atoms with Gasteiger partial charge in [0, 0.05) is 55.8 Å². The average molecular weight is 1020 g/mol. The van der Waals surface area contributed by atoms with Crippen molar-refractivity contribution in [2.45, 2.75) is 130 Å². The molecule has 2 heterocycles. The first-order valence-electron chi connectivity index (χ1n) is 22.6. The number of carbonyl (C=O) groups is 2. The summed E-state index contributed by atoms with van der Waals surface area (Å²) < 4.78 is 88.4. The standard InChI is InChI=1S/C25H31F3N2O2.C17H25BrN2O2.C8H8BF3O2/c1-17-11-20(14-21(12-17)25(26,27)28)19-8-5-7-18(13-19)15-29-16-22-9-6-10-30(22)23(31)32-24(2,3)4;1-17(2,3)22-16(21)20-9-5-8-15(20)12-19-11-13-6-4-7-14(18)10-13;1-5-2-6(8(10,11)12)4-7(3-5)9(13)14/h5,7-8,11-14,22,29H,6,9-10,15-16H2,1-4H3;4,6-7,10,15,19H,5,8-9,11-12H2,1-3H3;2-4,13-14H,1H3/t22-;15-;/m00./s1. The second-order valence-electron chi connectivity index (χ2n) is 19.1. The Hall–Kier alpha value is -4.62. The first-order chi connectivity index (χ1) is 31.6. The van der Waals surface area contributed by atoms with Gasteiger partial charge in [0.25, 0.3) is 0 Å². The number of nitrogens with zero attached hydrogens (tertiary/aromatic N) is 2. The van der Waals surface area contributed by atoms with E-state index >= 15 is 0 Å². The van der Waals surface area contributed by atoms with E-state index in [0.29, 0.717) is 36.3 Å². The summed E-state index contributed by atoms with van der Waals surface area (Å²) in [5.74, 6) is 0. The van der Waals surface area contributed by atoms with Crippen LogP contribution in [0.5, 0.6) is 0 Å². The molecule has 0 aromatic heterocycles. The highest BCUT2D eigenvalue weighted by atomic mass is 79.9. The summed E-state index contributed by atoms with van der Waals surface area (Å²) in [7, 11) is -1.88. The molecule has 4 aromatic rings. The van der Waals surface area contributed by atoms with Gasteiger partial charge in [-0.1, -0.05) is 70.0 Å². The smallest absolute Gasteiger partial charge is 0.444 e. The quantitative estimate of drug-likeness (QED) is 0.0915. The lowest BCUT2D eigenvalue weighted by atomic mass is 9.78. The molecule has 6 rings (SSSR count). The summed E-state index contributed by atoms with van der Waals surface area (Å²) in [6.45, 7) is 18.7. The zero-order valence-corrected chi connectivity index (χ0v) is 41.5. The lowest BCUT2D eigenvalue weighted by Gasteiger charge is -2.28. The second kappa shape index (κ2) is 24.3. The maximum atomic E-state index is 13.2. The molecule has 18 heteroatoms. The number of rotatable bonds is 10. The van der Waals surface area contributed by atoms with Crippen LogP contribution >= 0.6 is 15.9 Å². The minimum absolute atomic E-state index is 0.0687. The molecule has 0 unspecified atom stereocenters. The molecule has 0 saturated carbocycles. The number of hydrogen-bond donors (Lipinski definition) is 4. The van der Waals surface area contributed by atoms with Crippen molar-refractivity contribution in [2.24, 2.45) is 0 Å². The Morgan fingerprint density at radius 1 is 0.647 bits per heavy atom. The number of aryl methyl sites for hydroxylation is 2. The minimum atomic E-state index is -4.46. The predicted octanol–water partition coefficient (Wildman–Crippen LogP) is 10.8. The van der Waals surface area contributed by atoms with Crippen molar-refractivity contribution in [3.8, 4) is 11.1 Å². The fourth-order valence-electron chi connectivity index (χ4n) is 7.73. The molecule has 2 aliphatic heterocycles. The zero-order chi connectivity index (χ0) is 50.6. The van der Waals surface area contributed by atoms with Crippen molar-refractivity contribution < 1.29 is 55.5 Å². The van der Waals surface area contributed by atoms with E-state index in [9.17, 15) is 35.9 Å². The largest absolute Gasteiger partial charge is 0.488 e. The van der Waals surface area contributed by atoms with Gasteiger partial charge in [0.1, 0.15) is 11.2 Å². The van der Waals surface area contributed by atoms with E-state index in [1.807, 2.05) is 82.8 Å². The highest BCUT2D eigenvalue weighted by Gasteiger charge is 2.35. The Kier molecular flexibility index (Phi) is 20.0. The van der Waals surface area contributed by atoms with Crippen LogP contribution in [0.1, 0.15) is 101 Å². The molecular weight excluding hydrogens is 957 g/mol. The second-order valence-corrected chi connectivity index (χ2v) is 20.0. The van der Waals surface area contributed by atoms with Gasteiger partial charge >= 0.3 is 31.7 Å². The molecule has 2 fully saturated rings. The Labute approximate surface area is 405 Å².